The number of alkyl halides is 3. The largest absolute Gasteiger partial charge is 0.417 e. The summed E-state index contributed by atoms with van der Waals surface area (Å²) in [7, 11) is 0. The SMILES string of the molecule is CC(C)(O)c1cn(-c2cccc(-c3ccc(Cl)c(Cl)c3)c2)c(-c2ccccc2C(F)(F)F)n1. The Balaban J connectivity index is 1.93. The number of rotatable bonds is 4. The van der Waals surface area contributed by atoms with E-state index in [-0.39, 0.29) is 17.1 Å². The van der Waals surface area contributed by atoms with E-state index in [2.05, 4.69) is 4.98 Å². The molecule has 0 aliphatic carbocycles. The Morgan fingerprint density at radius 1 is 0.848 bits per heavy atom. The minimum Gasteiger partial charge on any atom is -0.384 e. The Bertz CT molecular complexity index is 1320. The van der Waals surface area contributed by atoms with Gasteiger partial charge in [0.2, 0.25) is 0 Å². The van der Waals surface area contributed by atoms with Crippen LogP contribution in [-0.4, -0.2) is 14.7 Å². The molecule has 0 unspecified atom stereocenters. The van der Waals surface area contributed by atoms with Gasteiger partial charge in [-0.25, -0.2) is 4.98 Å². The average Bonchev–Trinajstić information content (AvgIpc) is 3.21. The van der Waals surface area contributed by atoms with Gasteiger partial charge in [-0.05, 0) is 55.3 Å². The number of hydrogen-bond acceptors (Lipinski definition) is 2. The Morgan fingerprint density at radius 3 is 2.21 bits per heavy atom. The van der Waals surface area contributed by atoms with Crippen LogP contribution in [0.5, 0.6) is 0 Å². The van der Waals surface area contributed by atoms with Gasteiger partial charge in [0.25, 0.3) is 0 Å². The van der Waals surface area contributed by atoms with Crippen LogP contribution in [0.25, 0.3) is 28.2 Å². The number of hydrogen-bond donors (Lipinski definition) is 1. The Kier molecular flexibility index (Phi) is 6.03. The van der Waals surface area contributed by atoms with Crippen molar-refractivity contribution in [3.63, 3.8) is 0 Å². The van der Waals surface area contributed by atoms with E-state index in [0.717, 1.165) is 17.2 Å². The topological polar surface area (TPSA) is 38.0 Å². The van der Waals surface area contributed by atoms with Crippen molar-refractivity contribution in [3.05, 3.63) is 94.2 Å². The lowest BCUT2D eigenvalue weighted by atomic mass is 10.0. The van der Waals surface area contributed by atoms with Gasteiger partial charge in [0.15, 0.2) is 0 Å². The maximum Gasteiger partial charge on any atom is 0.417 e. The monoisotopic (exact) mass is 490 g/mol. The molecule has 1 N–H and O–H groups in total. The van der Waals surface area contributed by atoms with Crippen molar-refractivity contribution in [3.8, 4) is 28.2 Å². The molecule has 0 bridgehead atoms. The molecule has 0 saturated carbocycles. The van der Waals surface area contributed by atoms with Crippen LogP contribution in [0, 0.1) is 0 Å². The van der Waals surface area contributed by atoms with Crippen molar-refractivity contribution in [2.45, 2.75) is 25.6 Å². The first kappa shape index (κ1) is 23.4. The number of halogens is 5. The van der Waals surface area contributed by atoms with Gasteiger partial charge in [-0.15, -0.1) is 0 Å². The molecule has 8 heteroatoms. The van der Waals surface area contributed by atoms with Gasteiger partial charge in [0.05, 0.1) is 21.3 Å². The Labute approximate surface area is 199 Å². The fourth-order valence-corrected chi connectivity index (χ4v) is 3.80. The summed E-state index contributed by atoms with van der Waals surface area (Å²) in [5.74, 6) is 0.0753. The lowest BCUT2D eigenvalue weighted by molar-refractivity contribution is -0.137. The van der Waals surface area contributed by atoms with Crippen molar-refractivity contribution >= 4 is 23.2 Å². The van der Waals surface area contributed by atoms with Crippen LogP contribution >= 0.6 is 23.2 Å². The first-order chi connectivity index (χ1) is 15.4. The number of imidazole rings is 1. The molecule has 3 aromatic carbocycles. The summed E-state index contributed by atoms with van der Waals surface area (Å²) in [6.07, 6.45) is -3.01. The second-order valence-electron chi connectivity index (χ2n) is 8.10. The third-order valence-electron chi connectivity index (χ3n) is 5.18. The van der Waals surface area contributed by atoms with Crippen LogP contribution in [0.3, 0.4) is 0 Å². The van der Waals surface area contributed by atoms with E-state index in [1.807, 2.05) is 18.2 Å². The van der Waals surface area contributed by atoms with Crippen molar-refractivity contribution in [2.24, 2.45) is 0 Å². The molecule has 0 fully saturated rings. The highest BCUT2D eigenvalue weighted by Gasteiger charge is 2.35. The van der Waals surface area contributed by atoms with Gasteiger partial charge in [-0.3, -0.25) is 4.57 Å². The quantitative estimate of drug-likeness (QED) is 0.317. The van der Waals surface area contributed by atoms with Gasteiger partial charge in [-0.2, -0.15) is 13.2 Å². The average molecular weight is 491 g/mol. The molecular formula is C25H19Cl2F3N2O. The van der Waals surface area contributed by atoms with E-state index < -0.39 is 17.3 Å². The molecule has 0 atom stereocenters. The van der Waals surface area contributed by atoms with E-state index in [4.69, 9.17) is 23.2 Å². The number of benzene rings is 3. The molecule has 4 aromatic rings. The van der Waals surface area contributed by atoms with Crippen molar-refractivity contribution in [1.82, 2.24) is 9.55 Å². The first-order valence-corrected chi connectivity index (χ1v) is 10.8. The van der Waals surface area contributed by atoms with Crippen LogP contribution in [0.4, 0.5) is 13.2 Å². The summed E-state index contributed by atoms with van der Waals surface area (Å²) in [5.41, 5.74) is 0.170. The van der Waals surface area contributed by atoms with Crippen molar-refractivity contribution in [1.29, 1.82) is 0 Å². The lowest BCUT2D eigenvalue weighted by Crippen LogP contribution is -2.15. The second-order valence-corrected chi connectivity index (χ2v) is 8.92. The minimum absolute atomic E-state index is 0.0753. The fourth-order valence-electron chi connectivity index (χ4n) is 3.50. The zero-order valence-electron chi connectivity index (χ0n) is 17.7. The van der Waals surface area contributed by atoms with Crippen LogP contribution in [0.1, 0.15) is 25.1 Å². The van der Waals surface area contributed by atoms with Crippen LogP contribution in [-0.2, 0) is 11.8 Å². The summed E-state index contributed by atoms with van der Waals surface area (Å²) < 4.78 is 42.8. The summed E-state index contributed by atoms with van der Waals surface area (Å²) in [5, 5.41) is 11.3. The maximum atomic E-state index is 13.8. The number of aliphatic hydroxyl groups is 1. The van der Waals surface area contributed by atoms with Gasteiger partial charge < -0.3 is 5.11 Å². The van der Waals surface area contributed by atoms with E-state index in [1.165, 1.54) is 32.0 Å². The first-order valence-electron chi connectivity index (χ1n) is 10.00. The van der Waals surface area contributed by atoms with E-state index in [1.54, 1.807) is 35.0 Å². The molecule has 170 valence electrons. The molecule has 1 heterocycles. The molecule has 0 amide bonds. The van der Waals surface area contributed by atoms with Gasteiger partial charge in [0, 0.05) is 17.4 Å². The highest BCUT2D eigenvalue weighted by Crippen LogP contribution is 2.38. The molecule has 4 rings (SSSR count). The molecular weight excluding hydrogens is 472 g/mol. The normalized spacial score (nSPS) is 12.2. The number of nitrogens with zero attached hydrogens (tertiary/aromatic N) is 2. The van der Waals surface area contributed by atoms with Gasteiger partial charge in [-0.1, -0.05) is 59.6 Å². The minimum atomic E-state index is -4.57. The van der Waals surface area contributed by atoms with E-state index in [0.29, 0.717) is 15.7 Å². The molecule has 0 aliphatic heterocycles. The molecule has 0 spiro atoms. The molecule has 1 aromatic heterocycles. The molecule has 0 radical (unpaired) electrons. The third kappa shape index (κ3) is 4.78. The Morgan fingerprint density at radius 2 is 1.55 bits per heavy atom. The fraction of sp³-hybridized carbons (Fsp3) is 0.160. The van der Waals surface area contributed by atoms with Gasteiger partial charge >= 0.3 is 6.18 Å². The standard InChI is InChI=1S/C25H19Cl2F3N2O/c1-24(2,33)22-14-32(23(31-22)18-8-3-4-9-19(18)25(28,29)30)17-7-5-6-15(12-17)16-10-11-20(26)21(27)13-16/h3-14,33H,1-2H3. The highest BCUT2D eigenvalue weighted by atomic mass is 35.5. The predicted molar refractivity (Wildman–Crippen MR) is 125 cm³/mol. The van der Waals surface area contributed by atoms with E-state index in [9.17, 15) is 18.3 Å². The molecule has 33 heavy (non-hydrogen) atoms. The van der Waals surface area contributed by atoms with Gasteiger partial charge in [0.1, 0.15) is 11.4 Å². The van der Waals surface area contributed by atoms with Crippen LogP contribution in [0.15, 0.2) is 72.9 Å². The predicted octanol–water partition coefficient (Wildman–Crippen LogP) is 7.76. The third-order valence-corrected chi connectivity index (χ3v) is 5.92. The van der Waals surface area contributed by atoms with Crippen molar-refractivity contribution in [2.75, 3.05) is 0 Å². The zero-order chi connectivity index (χ0) is 24.0. The molecule has 3 nitrogen and oxygen atoms in total. The Hall–Kier alpha value is -2.80. The smallest absolute Gasteiger partial charge is 0.384 e. The lowest BCUT2D eigenvalue weighted by Gasteiger charge is -2.15. The summed E-state index contributed by atoms with van der Waals surface area (Å²) in [6, 6.07) is 17.7. The zero-order valence-corrected chi connectivity index (χ0v) is 19.2. The molecule has 0 aliphatic rings. The van der Waals surface area contributed by atoms with Crippen molar-refractivity contribution < 1.29 is 18.3 Å². The van der Waals surface area contributed by atoms with Crippen LogP contribution < -0.4 is 0 Å². The molecule has 0 saturated heterocycles. The summed E-state index contributed by atoms with van der Waals surface area (Å²) in [4.78, 5) is 4.40. The summed E-state index contributed by atoms with van der Waals surface area (Å²) >= 11 is 12.2. The maximum absolute atomic E-state index is 13.8. The van der Waals surface area contributed by atoms with E-state index >= 15 is 0 Å². The van der Waals surface area contributed by atoms with Crippen LogP contribution in [0.2, 0.25) is 10.0 Å². The summed E-state index contributed by atoms with van der Waals surface area (Å²) in [6.45, 7) is 3.07. The highest BCUT2D eigenvalue weighted by molar-refractivity contribution is 6.42. The second kappa shape index (κ2) is 8.52. The number of aromatic nitrogens is 2.